The molecule has 0 spiro atoms. The number of nitrogens with zero attached hydrogens (tertiary/aromatic N) is 5. The number of hydrogen-bond donors (Lipinski definition) is 1. The minimum Gasteiger partial charge on any atom is -0.345 e. The molecule has 0 aliphatic rings. The molecule has 0 radical (unpaired) electrons. The molecule has 0 fully saturated rings. The fourth-order valence-electron chi connectivity index (χ4n) is 1.58. The third kappa shape index (κ3) is 2.79. The number of nitrogens with one attached hydrogen (secondary N) is 1. The molecule has 0 aliphatic carbocycles. The molecule has 96 valence electrons. The lowest BCUT2D eigenvalue weighted by atomic mass is 10.2. The van der Waals surface area contributed by atoms with Crippen molar-refractivity contribution in [3.05, 3.63) is 23.1 Å². The molecule has 0 saturated carbocycles. The largest absolute Gasteiger partial charge is 0.345 e. The molecule has 2 rings (SSSR count). The van der Waals surface area contributed by atoms with Crippen LogP contribution in [0.5, 0.6) is 0 Å². The predicted octanol–water partition coefficient (Wildman–Crippen LogP) is 1.30. The molecule has 0 amide bonds. The summed E-state index contributed by atoms with van der Waals surface area (Å²) in [5, 5.41) is 15.0. The Morgan fingerprint density at radius 2 is 1.83 bits per heavy atom. The molecule has 1 N–H and O–H groups in total. The van der Waals surface area contributed by atoms with E-state index in [2.05, 4.69) is 37.6 Å². The van der Waals surface area contributed by atoms with Crippen molar-refractivity contribution in [1.82, 2.24) is 25.3 Å². The lowest BCUT2D eigenvalue weighted by Gasteiger charge is -2.06. The number of aromatic nitrogens is 5. The maximum absolute atomic E-state index is 4.88. The van der Waals surface area contributed by atoms with Gasteiger partial charge in [0.25, 0.3) is 0 Å². The van der Waals surface area contributed by atoms with Gasteiger partial charge < -0.3 is 9.84 Å². The van der Waals surface area contributed by atoms with E-state index in [0.29, 0.717) is 24.2 Å². The van der Waals surface area contributed by atoms with Crippen molar-refractivity contribution >= 4 is 5.95 Å². The van der Waals surface area contributed by atoms with Crippen molar-refractivity contribution < 1.29 is 4.52 Å². The van der Waals surface area contributed by atoms with E-state index < -0.39 is 0 Å². The van der Waals surface area contributed by atoms with Gasteiger partial charge in [0.1, 0.15) is 0 Å². The van der Waals surface area contributed by atoms with Crippen LogP contribution in [0.15, 0.2) is 4.52 Å². The summed E-state index contributed by atoms with van der Waals surface area (Å²) in [5.74, 6) is 1.61. The van der Waals surface area contributed by atoms with Crippen LogP contribution in [-0.4, -0.2) is 25.3 Å². The highest BCUT2D eigenvalue weighted by atomic mass is 16.5. The van der Waals surface area contributed by atoms with Gasteiger partial charge in [-0.05, 0) is 12.8 Å². The first-order chi connectivity index (χ1) is 8.72. The second-order valence-electron chi connectivity index (χ2n) is 3.82. The molecular formula is C11H16N6O. The van der Waals surface area contributed by atoms with E-state index in [4.69, 9.17) is 4.52 Å². The molecule has 2 heterocycles. The highest BCUT2D eigenvalue weighted by Crippen LogP contribution is 2.07. The van der Waals surface area contributed by atoms with E-state index in [0.717, 1.165) is 24.2 Å². The summed E-state index contributed by atoms with van der Waals surface area (Å²) in [4.78, 5) is 8.50. The molecule has 7 heteroatoms. The third-order valence-electron chi connectivity index (χ3n) is 2.48. The fraction of sp³-hybridized carbons (Fsp3) is 0.545. The van der Waals surface area contributed by atoms with Gasteiger partial charge >= 0.3 is 0 Å². The Bertz CT molecular complexity index is 524. The number of hydrogen-bond acceptors (Lipinski definition) is 7. The summed E-state index contributed by atoms with van der Waals surface area (Å²) in [6, 6.07) is 0. The molecule has 0 bridgehead atoms. The van der Waals surface area contributed by atoms with Crippen LogP contribution in [0, 0.1) is 6.92 Å². The normalized spacial score (nSPS) is 10.6. The van der Waals surface area contributed by atoms with Crippen LogP contribution in [0.2, 0.25) is 0 Å². The Hall–Kier alpha value is -2.05. The maximum Gasteiger partial charge on any atom is 0.243 e. The number of aryl methyl sites for hydroxylation is 3. The molecule has 7 nitrogen and oxygen atoms in total. The summed E-state index contributed by atoms with van der Waals surface area (Å²) in [7, 11) is 0. The lowest BCUT2D eigenvalue weighted by molar-refractivity contribution is 0.388. The minimum atomic E-state index is 0.424. The Morgan fingerprint density at radius 1 is 1.06 bits per heavy atom. The Balaban J connectivity index is 2.05. The minimum absolute atomic E-state index is 0.424. The number of anilines is 1. The van der Waals surface area contributed by atoms with Gasteiger partial charge in [0, 0.05) is 6.92 Å². The van der Waals surface area contributed by atoms with Gasteiger partial charge in [0.2, 0.25) is 11.8 Å². The monoisotopic (exact) mass is 248 g/mol. The maximum atomic E-state index is 4.88. The first-order valence-corrected chi connectivity index (χ1v) is 5.98. The SMILES string of the molecule is CCc1nnc(NCc2noc(C)n2)nc1CC. The van der Waals surface area contributed by atoms with Crippen LogP contribution in [-0.2, 0) is 19.4 Å². The molecule has 2 aromatic rings. The van der Waals surface area contributed by atoms with Crippen molar-refractivity contribution in [1.29, 1.82) is 0 Å². The molecule has 0 unspecified atom stereocenters. The standard InChI is InChI=1S/C11H16N6O/c1-4-8-9(5-2)15-16-11(14-8)12-6-10-13-7(3)18-17-10/h4-6H2,1-3H3,(H,12,14,16). The predicted molar refractivity (Wildman–Crippen MR) is 64.9 cm³/mol. The van der Waals surface area contributed by atoms with E-state index in [1.165, 1.54) is 0 Å². The summed E-state index contributed by atoms with van der Waals surface area (Å²) in [6.07, 6.45) is 1.68. The average Bonchev–Trinajstić information content (AvgIpc) is 2.81. The second kappa shape index (κ2) is 5.52. The molecule has 0 atom stereocenters. The summed E-state index contributed by atoms with van der Waals surface area (Å²) >= 11 is 0. The van der Waals surface area contributed by atoms with Crippen LogP contribution < -0.4 is 5.32 Å². The van der Waals surface area contributed by atoms with E-state index in [-0.39, 0.29) is 0 Å². The third-order valence-corrected chi connectivity index (χ3v) is 2.48. The zero-order valence-electron chi connectivity index (χ0n) is 10.8. The first-order valence-electron chi connectivity index (χ1n) is 5.98. The van der Waals surface area contributed by atoms with Crippen LogP contribution in [0.4, 0.5) is 5.95 Å². The van der Waals surface area contributed by atoms with Gasteiger partial charge in [0.15, 0.2) is 5.82 Å². The van der Waals surface area contributed by atoms with Gasteiger partial charge in [-0.15, -0.1) is 5.10 Å². The smallest absolute Gasteiger partial charge is 0.243 e. The van der Waals surface area contributed by atoms with Crippen molar-refractivity contribution in [3.63, 3.8) is 0 Å². The highest BCUT2D eigenvalue weighted by Gasteiger charge is 2.07. The second-order valence-corrected chi connectivity index (χ2v) is 3.82. The highest BCUT2D eigenvalue weighted by molar-refractivity contribution is 5.25. The quantitative estimate of drug-likeness (QED) is 0.852. The lowest BCUT2D eigenvalue weighted by Crippen LogP contribution is -2.10. The van der Waals surface area contributed by atoms with Gasteiger partial charge in [0.05, 0.1) is 17.9 Å². The summed E-state index contributed by atoms with van der Waals surface area (Å²) in [5.41, 5.74) is 1.91. The fourth-order valence-corrected chi connectivity index (χ4v) is 1.58. The van der Waals surface area contributed by atoms with Crippen molar-refractivity contribution in [3.8, 4) is 0 Å². The van der Waals surface area contributed by atoms with Crippen LogP contribution in [0.3, 0.4) is 0 Å². The first kappa shape index (κ1) is 12.4. The molecule has 2 aromatic heterocycles. The van der Waals surface area contributed by atoms with E-state index >= 15 is 0 Å². The Morgan fingerprint density at radius 3 is 2.44 bits per heavy atom. The molecule has 0 saturated heterocycles. The molecule has 0 aliphatic heterocycles. The topological polar surface area (TPSA) is 89.6 Å². The molecule has 0 aromatic carbocycles. The van der Waals surface area contributed by atoms with E-state index in [9.17, 15) is 0 Å². The van der Waals surface area contributed by atoms with Crippen LogP contribution >= 0.6 is 0 Å². The number of rotatable bonds is 5. The molecule has 18 heavy (non-hydrogen) atoms. The van der Waals surface area contributed by atoms with Crippen molar-refractivity contribution in [2.75, 3.05) is 5.32 Å². The zero-order valence-corrected chi connectivity index (χ0v) is 10.8. The Labute approximate surface area is 105 Å². The van der Waals surface area contributed by atoms with Crippen LogP contribution in [0.25, 0.3) is 0 Å². The van der Waals surface area contributed by atoms with E-state index in [1.54, 1.807) is 6.92 Å². The summed E-state index contributed by atoms with van der Waals surface area (Å²) in [6.45, 7) is 6.27. The van der Waals surface area contributed by atoms with Crippen molar-refractivity contribution in [2.24, 2.45) is 0 Å². The molecular weight excluding hydrogens is 232 g/mol. The Kier molecular flexibility index (Phi) is 3.81. The van der Waals surface area contributed by atoms with E-state index in [1.807, 2.05) is 6.92 Å². The van der Waals surface area contributed by atoms with Gasteiger partial charge in [-0.3, -0.25) is 0 Å². The average molecular weight is 248 g/mol. The van der Waals surface area contributed by atoms with Crippen LogP contribution in [0.1, 0.15) is 37.0 Å². The van der Waals surface area contributed by atoms with Gasteiger partial charge in [-0.2, -0.15) is 10.1 Å². The van der Waals surface area contributed by atoms with Gasteiger partial charge in [-0.1, -0.05) is 19.0 Å². The van der Waals surface area contributed by atoms with Gasteiger partial charge in [-0.25, -0.2) is 4.98 Å². The van der Waals surface area contributed by atoms with Crippen molar-refractivity contribution in [2.45, 2.75) is 40.2 Å². The zero-order chi connectivity index (χ0) is 13.0. The summed E-state index contributed by atoms with van der Waals surface area (Å²) < 4.78 is 4.88.